The number of nitrogens with zero attached hydrogens (tertiary/aromatic N) is 2. The lowest BCUT2D eigenvalue weighted by Crippen LogP contribution is -2.15. The molecule has 1 N–H and O–H groups in total. The first-order valence-electron chi connectivity index (χ1n) is 7.18. The molecule has 0 unspecified atom stereocenters. The highest BCUT2D eigenvalue weighted by Gasteiger charge is 2.16. The lowest BCUT2D eigenvalue weighted by Gasteiger charge is -2.19. The van der Waals surface area contributed by atoms with Crippen LogP contribution in [0.3, 0.4) is 0 Å². The molecule has 0 bridgehead atoms. The van der Waals surface area contributed by atoms with Gasteiger partial charge in [0, 0.05) is 17.7 Å². The topological polar surface area (TPSA) is 56.3 Å². The van der Waals surface area contributed by atoms with Gasteiger partial charge in [-0.3, -0.25) is 0 Å². The Labute approximate surface area is 124 Å². The fourth-order valence-electron chi connectivity index (χ4n) is 2.44. The van der Waals surface area contributed by atoms with E-state index in [-0.39, 0.29) is 0 Å². The quantitative estimate of drug-likeness (QED) is 0.939. The maximum atomic E-state index is 5.65. The van der Waals surface area contributed by atoms with E-state index in [1.54, 1.807) is 0 Å². The highest BCUT2D eigenvalue weighted by Crippen LogP contribution is 2.35. The number of benzene rings is 1. The van der Waals surface area contributed by atoms with Crippen LogP contribution >= 0.6 is 0 Å². The van der Waals surface area contributed by atoms with E-state index in [1.807, 2.05) is 32.0 Å². The minimum Gasteiger partial charge on any atom is -0.486 e. The van der Waals surface area contributed by atoms with Gasteiger partial charge in [-0.25, -0.2) is 9.97 Å². The fraction of sp³-hybridized carbons (Fsp3) is 0.375. The van der Waals surface area contributed by atoms with Crippen LogP contribution in [0, 0.1) is 13.8 Å². The lowest BCUT2D eigenvalue weighted by molar-refractivity contribution is 0.171. The van der Waals surface area contributed by atoms with Crippen LogP contribution in [0.25, 0.3) is 11.3 Å². The van der Waals surface area contributed by atoms with Crippen molar-refractivity contribution >= 4 is 5.82 Å². The van der Waals surface area contributed by atoms with E-state index in [9.17, 15) is 0 Å². The average molecular weight is 285 g/mol. The van der Waals surface area contributed by atoms with Gasteiger partial charge in [0.2, 0.25) is 0 Å². The second-order valence-corrected chi connectivity index (χ2v) is 4.98. The molecule has 0 atom stereocenters. The number of aromatic nitrogens is 2. The van der Waals surface area contributed by atoms with Gasteiger partial charge in [-0.15, -0.1) is 0 Å². The molecule has 0 radical (unpaired) electrons. The summed E-state index contributed by atoms with van der Waals surface area (Å²) in [6.45, 7) is 8.01. The van der Waals surface area contributed by atoms with Crippen LogP contribution in [0.15, 0.2) is 18.2 Å². The summed E-state index contributed by atoms with van der Waals surface area (Å²) in [5.74, 6) is 3.20. The summed E-state index contributed by atoms with van der Waals surface area (Å²) < 4.78 is 11.2. The molecule has 21 heavy (non-hydrogen) atoms. The minimum absolute atomic E-state index is 0.584. The summed E-state index contributed by atoms with van der Waals surface area (Å²) in [4.78, 5) is 9.05. The third-order valence-electron chi connectivity index (χ3n) is 3.42. The molecule has 5 heteroatoms. The van der Waals surface area contributed by atoms with E-state index in [0.717, 1.165) is 46.5 Å². The summed E-state index contributed by atoms with van der Waals surface area (Å²) >= 11 is 0. The monoisotopic (exact) mass is 285 g/mol. The first-order valence-corrected chi connectivity index (χ1v) is 7.18. The van der Waals surface area contributed by atoms with Crippen molar-refractivity contribution in [1.29, 1.82) is 0 Å². The summed E-state index contributed by atoms with van der Waals surface area (Å²) in [5.41, 5.74) is 2.98. The second-order valence-electron chi connectivity index (χ2n) is 4.98. The van der Waals surface area contributed by atoms with E-state index in [2.05, 4.69) is 22.2 Å². The molecular weight excluding hydrogens is 266 g/mol. The third kappa shape index (κ3) is 2.63. The Morgan fingerprint density at radius 3 is 2.62 bits per heavy atom. The lowest BCUT2D eigenvalue weighted by atomic mass is 10.1. The SMILES string of the molecule is CCNc1nc(C)nc(-c2ccc3c(c2)OCCO3)c1C. The molecule has 1 aliphatic heterocycles. The van der Waals surface area contributed by atoms with Crippen LogP contribution in [-0.4, -0.2) is 29.7 Å². The van der Waals surface area contributed by atoms with Crippen molar-refractivity contribution in [2.45, 2.75) is 20.8 Å². The summed E-state index contributed by atoms with van der Waals surface area (Å²) in [6.07, 6.45) is 0. The molecule has 0 amide bonds. The van der Waals surface area contributed by atoms with Crippen LogP contribution in [0.1, 0.15) is 18.3 Å². The molecule has 0 fully saturated rings. The van der Waals surface area contributed by atoms with Gasteiger partial charge in [0.15, 0.2) is 11.5 Å². The fourth-order valence-corrected chi connectivity index (χ4v) is 2.44. The second kappa shape index (κ2) is 5.60. The van der Waals surface area contributed by atoms with E-state index in [4.69, 9.17) is 9.47 Å². The number of anilines is 1. The van der Waals surface area contributed by atoms with Crippen LogP contribution in [0.5, 0.6) is 11.5 Å². The van der Waals surface area contributed by atoms with Gasteiger partial charge < -0.3 is 14.8 Å². The van der Waals surface area contributed by atoms with Gasteiger partial charge in [-0.2, -0.15) is 0 Å². The Balaban J connectivity index is 2.07. The molecule has 5 nitrogen and oxygen atoms in total. The zero-order valence-electron chi connectivity index (χ0n) is 12.6. The first-order chi connectivity index (χ1) is 10.2. The molecule has 2 aromatic rings. The highest BCUT2D eigenvalue weighted by atomic mass is 16.6. The number of hydrogen-bond acceptors (Lipinski definition) is 5. The maximum Gasteiger partial charge on any atom is 0.162 e. The average Bonchev–Trinajstić information content (AvgIpc) is 2.50. The Morgan fingerprint density at radius 2 is 1.86 bits per heavy atom. The molecule has 1 aromatic carbocycles. The van der Waals surface area contributed by atoms with Crippen LogP contribution in [0.2, 0.25) is 0 Å². The van der Waals surface area contributed by atoms with Crippen LogP contribution < -0.4 is 14.8 Å². The maximum absolute atomic E-state index is 5.65. The van der Waals surface area contributed by atoms with Crippen molar-refractivity contribution in [3.05, 3.63) is 29.6 Å². The Hall–Kier alpha value is -2.30. The first kappa shape index (κ1) is 13.7. The Morgan fingerprint density at radius 1 is 1.10 bits per heavy atom. The van der Waals surface area contributed by atoms with Crippen molar-refractivity contribution in [1.82, 2.24) is 9.97 Å². The number of hydrogen-bond donors (Lipinski definition) is 1. The zero-order chi connectivity index (χ0) is 14.8. The molecule has 1 aromatic heterocycles. The van der Waals surface area contributed by atoms with Crippen molar-refractivity contribution < 1.29 is 9.47 Å². The van der Waals surface area contributed by atoms with Crippen molar-refractivity contribution in [3.63, 3.8) is 0 Å². The molecule has 3 rings (SSSR count). The van der Waals surface area contributed by atoms with E-state index < -0.39 is 0 Å². The molecule has 1 aliphatic rings. The summed E-state index contributed by atoms with van der Waals surface area (Å²) in [5, 5.41) is 3.28. The number of rotatable bonds is 3. The summed E-state index contributed by atoms with van der Waals surface area (Å²) in [6, 6.07) is 5.94. The van der Waals surface area contributed by atoms with Crippen molar-refractivity contribution in [2.75, 3.05) is 25.1 Å². The molecule has 0 saturated heterocycles. The standard InChI is InChI=1S/C16H19N3O2/c1-4-17-16-10(2)15(18-11(3)19-16)12-5-6-13-14(9-12)21-8-7-20-13/h5-6,9H,4,7-8H2,1-3H3,(H,17,18,19). The molecule has 0 spiro atoms. The number of aryl methyl sites for hydroxylation is 1. The molecule has 2 heterocycles. The predicted molar refractivity (Wildman–Crippen MR) is 82.1 cm³/mol. The van der Waals surface area contributed by atoms with Crippen molar-refractivity contribution in [2.24, 2.45) is 0 Å². The largest absolute Gasteiger partial charge is 0.486 e. The summed E-state index contributed by atoms with van der Waals surface area (Å²) in [7, 11) is 0. The van der Waals surface area contributed by atoms with Gasteiger partial charge in [-0.1, -0.05) is 0 Å². The van der Waals surface area contributed by atoms with Gasteiger partial charge in [0.25, 0.3) is 0 Å². The van der Waals surface area contributed by atoms with Gasteiger partial charge in [-0.05, 0) is 39.0 Å². The Bertz CT molecular complexity index is 671. The number of nitrogens with one attached hydrogen (secondary N) is 1. The van der Waals surface area contributed by atoms with Crippen LogP contribution in [0.4, 0.5) is 5.82 Å². The molecule has 110 valence electrons. The van der Waals surface area contributed by atoms with E-state index in [0.29, 0.717) is 13.2 Å². The highest BCUT2D eigenvalue weighted by molar-refractivity contribution is 5.70. The number of ether oxygens (including phenoxy) is 2. The van der Waals surface area contributed by atoms with Crippen LogP contribution in [-0.2, 0) is 0 Å². The van der Waals surface area contributed by atoms with E-state index >= 15 is 0 Å². The van der Waals surface area contributed by atoms with Gasteiger partial charge >= 0.3 is 0 Å². The zero-order valence-corrected chi connectivity index (χ0v) is 12.6. The normalized spacial score (nSPS) is 13.1. The molecule has 0 saturated carbocycles. The number of fused-ring (bicyclic) bond motifs is 1. The minimum atomic E-state index is 0.584. The van der Waals surface area contributed by atoms with E-state index in [1.165, 1.54) is 0 Å². The predicted octanol–water partition coefficient (Wildman–Crippen LogP) is 2.96. The Kier molecular flexibility index (Phi) is 3.64. The molecular formula is C16H19N3O2. The van der Waals surface area contributed by atoms with Gasteiger partial charge in [0.05, 0.1) is 5.69 Å². The smallest absolute Gasteiger partial charge is 0.162 e. The third-order valence-corrected chi connectivity index (χ3v) is 3.42. The van der Waals surface area contributed by atoms with Crippen molar-refractivity contribution in [3.8, 4) is 22.8 Å². The molecule has 0 aliphatic carbocycles. The van der Waals surface area contributed by atoms with Gasteiger partial charge in [0.1, 0.15) is 24.9 Å².